The quantitative estimate of drug-likeness (QED) is 0.282. The molecule has 0 spiro atoms. The molecule has 0 radical (unpaired) electrons. The van der Waals surface area contributed by atoms with Crippen molar-refractivity contribution < 1.29 is 23.9 Å². The second-order valence-corrected chi connectivity index (χ2v) is 8.98. The molecular formula is C24H18BrNO5. The number of esters is 1. The number of nitrogens with zero attached hydrogens (tertiary/aromatic N) is 1. The lowest BCUT2D eigenvalue weighted by molar-refractivity contribution is -0.123. The molecule has 1 saturated carbocycles. The molecule has 31 heavy (non-hydrogen) atoms. The first-order valence-corrected chi connectivity index (χ1v) is 10.9. The Bertz CT molecular complexity index is 1110. The summed E-state index contributed by atoms with van der Waals surface area (Å²) >= 11 is 3.30. The fourth-order valence-corrected chi connectivity index (χ4v) is 5.13. The summed E-state index contributed by atoms with van der Waals surface area (Å²) in [6.07, 6.45) is 4.94. The second kappa shape index (κ2) is 7.57. The number of benzene rings is 2. The van der Waals surface area contributed by atoms with Crippen LogP contribution in [0.5, 0.6) is 0 Å². The summed E-state index contributed by atoms with van der Waals surface area (Å²) in [6, 6.07) is 13.0. The van der Waals surface area contributed by atoms with Gasteiger partial charge in [-0.2, -0.15) is 0 Å². The van der Waals surface area contributed by atoms with Crippen LogP contribution in [0.3, 0.4) is 0 Å². The van der Waals surface area contributed by atoms with E-state index in [1.165, 1.54) is 17.0 Å². The van der Waals surface area contributed by atoms with Crippen LogP contribution in [0.15, 0.2) is 65.2 Å². The third kappa shape index (κ3) is 3.33. The van der Waals surface area contributed by atoms with Crippen molar-refractivity contribution in [2.45, 2.75) is 6.42 Å². The molecule has 156 valence electrons. The molecule has 2 aromatic carbocycles. The zero-order valence-electron chi connectivity index (χ0n) is 16.4. The van der Waals surface area contributed by atoms with Gasteiger partial charge in [-0.25, -0.2) is 9.69 Å². The Hall–Kier alpha value is -3.06. The van der Waals surface area contributed by atoms with Crippen molar-refractivity contribution >= 4 is 45.2 Å². The first kappa shape index (κ1) is 19.9. The van der Waals surface area contributed by atoms with Crippen LogP contribution < -0.4 is 4.90 Å². The van der Waals surface area contributed by atoms with E-state index in [-0.39, 0.29) is 46.8 Å². The van der Waals surface area contributed by atoms with Gasteiger partial charge in [-0.15, -0.1) is 0 Å². The highest BCUT2D eigenvalue weighted by molar-refractivity contribution is 9.10. The number of allylic oxidation sites excluding steroid dienone is 2. The summed E-state index contributed by atoms with van der Waals surface area (Å²) < 4.78 is 6.01. The predicted octanol–water partition coefficient (Wildman–Crippen LogP) is 3.80. The largest absolute Gasteiger partial charge is 0.454 e. The normalized spacial score (nSPS) is 25.8. The van der Waals surface area contributed by atoms with E-state index in [4.69, 9.17) is 4.74 Å². The Morgan fingerprint density at radius 3 is 2.23 bits per heavy atom. The van der Waals surface area contributed by atoms with Crippen molar-refractivity contribution in [3.05, 3.63) is 76.3 Å². The van der Waals surface area contributed by atoms with Crippen molar-refractivity contribution in [3.8, 4) is 0 Å². The van der Waals surface area contributed by atoms with E-state index >= 15 is 0 Å². The maximum Gasteiger partial charge on any atom is 0.338 e. The number of anilines is 1. The second-order valence-electron chi connectivity index (χ2n) is 8.07. The van der Waals surface area contributed by atoms with Gasteiger partial charge in [0, 0.05) is 10.0 Å². The maximum atomic E-state index is 13.0. The monoisotopic (exact) mass is 479 g/mol. The molecule has 1 saturated heterocycles. The van der Waals surface area contributed by atoms with Crippen molar-refractivity contribution in [2.24, 2.45) is 23.7 Å². The molecule has 2 amide bonds. The summed E-state index contributed by atoms with van der Waals surface area (Å²) in [4.78, 5) is 51.9. The van der Waals surface area contributed by atoms with Crippen LogP contribution in [0.25, 0.3) is 0 Å². The van der Waals surface area contributed by atoms with Crippen LogP contribution in [-0.4, -0.2) is 30.2 Å². The molecule has 0 N–H and O–H groups in total. The summed E-state index contributed by atoms with van der Waals surface area (Å²) in [5, 5.41) is 0. The van der Waals surface area contributed by atoms with Gasteiger partial charge in [0.1, 0.15) is 0 Å². The van der Waals surface area contributed by atoms with E-state index < -0.39 is 12.6 Å². The highest BCUT2D eigenvalue weighted by Gasteiger charge is 2.59. The minimum Gasteiger partial charge on any atom is -0.454 e. The summed E-state index contributed by atoms with van der Waals surface area (Å²) in [5.74, 6) is -1.79. The van der Waals surface area contributed by atoms with E-state index in [1.807, 2.05) is 12.2 Å². The third-order valence-electron chi connectivity index (χ3n) is 6.31. The van der Waals surface area contributed by atoms with E-state index in [0.29, 0.717) is 11.3 Å². The van der Waals surface area contributed by atoms with Gasteiger partial charge in [0.05, 0.1) is 23.1 Å². The lowest BCUT2D eigenvalue weighted by atomic mass is 9.85. The summed E-state index contributed by atoms with van der Waals surface area (Å²) in [5.41, 5.74) is 0.977. The Morgan fingerprint density at radius 1 is 0.935 bits per heavy atom. The smallest absolute Gasteiger partial charge is 0.338 e. The lowest BCUT2D eigenvalue weighted by Crippen LogP contribution is -2.33. The van der Waals surface area contributed by atoms with Gasteiger partial charge in [-0.05, 0) is 48.6 Å². The number of rotatable bonds is 5. The molecule has 1 heterocycles. The molecule has 4 atom stereocenters. The lowest BCUT2D eigenvalue weighted by Gasteiger charge is -2.18. The van der Waals surface area contributed by atoms with Crippen LogP contribution in [0.2, 0.25) is 0 Å². The van der Waals surface area contributed by atoms with Gasteiger partial charge < -0.3 is 4.74 Å². The average molecular weight is 480 g/mol. The van der Waals surface area contributed by atoms with Crippen LogP contribution in [0, 0.1) is 23.7 Å². The Balaban J connectivity index is 1.30. The summed E-state index contributed by atoms with van der Waals surface area (Å²) in [6.45, 7) is -0.397. The van der Waals surface area contributed by atoms with E-state index in [9.17, 15) is 19.2 Å². The highest BCUT2D eigenvalue weighted by atomic mass is 79.9. The first-order valence-electron chi connectivity index (χ1n) is 10.1. The number of ether oxygens (including phenoxy) is 1. The minimum atomic E-state index is -0.687. The number of hydrogen-bond donors (Lipinski definition) is 0. The molecule has 2 aliphatic carbocycles. The zero-order chi connectivity index (χ0) is 21.7. The average Bonchev–Trinajstić information content (AvgIpc) is 3.46. The number of amides is 2. The zero-order valence-corrected chi connectivity index (χ0v) is 17.9. The van der Waals surface area contributed by atoms with E-state index in [2.05, 4.69) is 15.9 Å². The third-order valence-corrected chi connectivity index (χ3v) is 6.84. The molecule has 7 heteroatoms. The molecule has 2 fully saturated rings. The number of fused-ring (bicyclic) bond motifs is 5. The van der Waals surface area contributed by atoms with E-state index in [0.717, 1.165) is 10.9 Å². The number of halogens is 1. The van der Waals surface area contributed by atoms with E-state index in [1.54, 1.807) is 36.4 Å². The van der Waals surface area contributed by atoms with Crippen molar-refractivity contribution in [2.75, 3.05) is 11.5 Å². The number of carbonyl (C=O) groups excluding carboxylic acids is 4. The molecule has 0 unspecified atom stereocenters. The molecule has 3 aliphatic rings. The Kier molecular flexibility index (Phi) is 4.85. The molecule has 0 aromatic heterocycles. The Labute approximate surface area is 187 Å². The van der Waals surface area contributed by atoms with Gasteiger partial charge in [-0.3, -0.25) is 14.4 Å². The fourth-order valence-electron chi connectivity index (χ4n) is 4.86. The molecule has 1 aliphatic heterocycles. The van der Waals surface area contributed by atoms with Gasteiger partial charge in [-0.1, -0.05) is 46.3 Å². The number of ketones is 1. The van der Waals surface area contributed by atoms with Crippen LogP contribution in [-0.2, 0) is 14.3 Å². The van der Waals surface area contributed by atoms with Crippen LogP contribution in [0.4, 0.5) is 5.69 Å². The number of hydrogen-bond acceptors (Lipinski definition) is 5. The standard InChI is InChI=1S/C24H18BrNO5/c25-17-8-6-13(7-9-17)19(27)12-31-24(30)16-2-1-3-18(11-16)26-22(28)20-14-4-5-15(10-14)21(20)23(26)29/h1-9,11,14-15,20-21H,10,12H2/t14-,15-,20-,21-/m0/s1. The highest BCUT2D eigenvalue weighted by Crippen LogP contribution is 2.53. The first-order chi connectivity index (χ1) is 14.9. The summed E-state index contributed by atoms with van der Waals surface area (Å²) in [7, 11) is 0. The predicted molar refractivity (Wildman–Crippen MR) is 115 cm³/mol. The molecule has 6 nitrogen and oxygen atoms in total. The fraction of sp³-hybridized carbons (Fsp3) is 0.250. The number of imide groups is 1. The molecule has 2 bridgehead atoms. The molecule has 5 rings (SSSR count). The van der Waals surface area contributed by atoms with Crippen molar-refractivity contribution in [3.63, 3.8) is 0 Å². The van der Waals surface area contributed by atoms with Gasteiger partial charge in [0.2, 0.25) is 11.8 Å². The number of Topliss-reactive ketones (excluding diaryl/α,β-unsaturated/α-hetero) is 1. The maximum absolute atomic E-state index is 13.0. The van der Waals surface area contributed by atoms with Gasteiger partial charge >= 0.3 is 5.97 Å². The molecular weight excluding hydrogens is 462 g/mol. The SMILES string of the molecule is O=C(COC(=O)c1cccc(N2C(=O)[C@@H]3[C@@H](C2=O)[C@H]2C=C[C@H]3C2)c1)c1ccc(Br)cc1. The van der Waals surface area contributed by atoms with Crippen LogP contribution >= 0.6 is 15.9 Å². The van der Waals surface area contributed by atoms with Crippen LogP contribution in [0.1, 0.15) is 27.1 Å². The molecule has 2 aromatic rings. The topological polar surface area (TPSA) is 80.8 Å². The minimum absolute atomic E-state index is 0.120. The Morgan fingerprint density at radius 2 is 1.58 bits per heavy atom. The van der Waals surface area contributed by atoms with Crippen molar-refractivity contribution in [1.29, 1.82) is 0 Å². The van der Waals surface area contributed by atoms with Gasteiger partial charge in [0.25, 0.3) is 0 Å². The van der Waals surface area contributed by atoms with Crippen molar-refractivity contribution in [1.82, 2.24) is 0 Å². The van der Waals surface area contributed by atoms with Gasteiger partial charge in [0.15, 0.2) is 12.4 Å². The number of carbonyl (C=O) groups is 4.